The maximum absolute atomic E-state index is 10.5. The molecule has 0 aromatic carbocycles. The molecule has 0 aromatic rings. The van der Waals surface area contributed by atoms with Crippen LogP contribution >= 0.6 is 0 Å². The second-order valence-electron chi connectivity index (χ2n) is 1.98. The molecule has 0 rings (SSSR count). The lowest BCUT2D eigenvalue weighted by Gasteiger charge is -1.88. The van der Waals surface area contributed by atoms with Crippen LogP contribution in [-0.4, -0.2) is 13.1 Å². The summed E-state index contributed by atoms with van der Waals surface area (Å²) in [6, 6.07) is 2.02. The number of unbranched alkanes of at least 4 members (excludes halogenated alkanes) is 2. The highest BCUT2D eigenvalue weighted by Crippen LogP contribution is 1.94. The van der Waals surface area contributed by atoms with Crippen LogP contribution in [0.5, 0.6) is 0 Å². The van der Waals surface area contributed by atoms with Crippen LogP contribution in [0, 0.1) is 11.3 Å². The highest BCUT2D eigenvalue weighted by atomic mass is 16.5. The van der Waals surface area contributed by atoms with E-state index in [2.05, 4.69) is 4.74 Å². The molecule has 0 aliphatic heterocycles. The van der Waals surface area contributed by atoms with Crippen molar-refractivity contribution in [1.29, 1.82) is 5.26 Å². The monoisotopic (exact) mass is 153 g/mol. The van der Waals surface area contributed by atoms with Crippen molar-refractivity contribution in [3.63, 3.8) is 0 Å². The average molecular weight is 153 g/mol. The Morgan fingerprint density at radius 1 is 1.73 bits per heavy atom. The van der Waals surface area contributed by atoms with Crippen molar-refractivity contribution in [2.24, 2.45) is 0 Å². The van der Waals surface area contributed by atoms with Crippen LogP contribution in [-0.2, 0) is 9.53 Å². The number of rotatable bonds is 4. The molecule has 0 unspecified atom stereocenters. The van der Waals surface area contributed by atoms with Gasteiger partial charge in [-0.3, -0.25) is 0 Å². The van der Waals surface area contributed by atoms with E-state index in [1.54, 1.807) is 6.08 Å². The number of carbonyl (C=O) groups is 1. The summed E-state index contributed by atoms with van der Waals surface area (Å²) in [4.78, 5) is 10.5. The predicted molar refractivity (Wildman–Crippen MR) is 40.6 cm³/mol. The van der Waals surface area contributed by atoms with Crippen molar-refractivity contribution in [2.45, 2.75) is 19.3 Å². The van der Waals surface area contributed by atoms with Crippen molar-refractivity contribution < 1.29 is 9.53 Å². The zero-order chi connectivity index (χ0) is 8.53. The standard InChI is InChI=1S/C8H11NO2/c1-11-8(10)6-4-2-3-5-7-9/h4,6H,2-3,5H2,1H3/b6-4+. The first-order valence-electron chi connectivity index (χ1n) is 3.42. The summed E-state index contributed by atoms with van der Waals surface area (Å²) in [6.07, 6.45) is 5.17. The Labute approximate surface area is 66.3 Å². The fourth-order valence-corrected chi connectivity index (χ4v) is 0.547. The third kappa shape index (κ3) is 6.59. The van der Waals surface area contributed by atoms with E-state index < -0.39 is 0 Å². The van der Waals surface area contributed by atoms with Gasteiger partial charge in [0.25, 0.3) is 0 Å². The first kappa shape index (κ1) is 9.70. The molecule has 0 amide bonds. The Kier molecular flexibility index (Phi) is 6.01. The summed E-state index contributed by atoms with van der Waals surface area (Å²) in [6.45, 7) is 0. The molecule has 0 radical (unpaired) electrons. The molecule has 0 aliphatic rings. The second-order valence-corrected chi connectivity index (χ2v) is 1.98. The number of allylic oxidation sites excluding steroid dienone is 1. The lowest BCUT2D eigenvalue weighted by Crippen LogP contribution is -1.93. The number of methoxy groups -OCH3 is 1. The zero-order valence-corrected chi connectivity index (χ0v) is 6.54. The number of hydrogen-bond donors (Lipinski definition) is 0. The highest BCUT2D eigenvalue weighted by Gasteiger charge is 1.88. The molecule has 0 N–H and O–H groups in total. The third-order valence-electron chi connectivity index (χ3n) is 1.11. The Balaban J connectivity index is 3.31. The molecule has 0 aromatic heterocycles. The molecule has 0 fully saturated rings. The number of esters is 1. The Hall–Kier alpha value is -1.30. The summed E-state index contributed by atoms with van der Waals surface area (Å²) in [5.74, 6) is -0.345. The van der Waals surface area contributed by atoms with Gasteiger partial charge in [0.15, 0.2) is 0 Å². The molecular formula is C8H11NO2. The SMILES string of the molecule is COC(=O)/C=C/CCCC#N. The van der Waals surface area contributed by atoms with Gasteiger partial charge in [-0.2, -0.15) is 5.26 Å². The van der Waals surface area contributed by atoms with Crippen molar-refractivity contribution in [3.05, 3.63) is 12.2 Å². The summed E-state index contributed by atoms with van der Waals surface area (Å²) in [5, 5.41) is 8.16. The molecule has 0 saturated carbocycles. The van der Waals surface area contributed by atoms with Gasteiger partial charge in [-0.05, 0) is 12.8 Å². The summed E-state index contributed by atoms with van der Waals surface area (Å²) in [5.41, 5.74) is 0. The van der Waals surface area contributed by atoms with Gasteiger partial charge in [0.1, 0.15) is 0 Å². The largest absolute Gasteiger partial charge is 0.466 e. The fraction of sp³-hybridized carbons (Fsp3) is 0.500. The molecule has 0 bridgehead atoms. The maximum Gasteiger partial charge on any atom is 0.330 e. The summed E-state index contributed by atoms with van der Waals surface area (Å²) < 4.78 is 4.37. The van der Waals surface area contributed by atoms with Gasteiger partial charge in [0.05, 0.1) is 13.2 Å². The topological polar surface area (TPSA) is 50.1 Å². The Bertz CT molecular complexity index is 179. The van der Waals surface area contributed by atoms with Crippen LogP contribution in [0.3, 0.4) is 0 Å². The molecule has 60 valence electrons. The Morgan fingerprint density at radius 2 is 2.45 bits per heavy atom. The fourth-order valence-electron chi connectivity index (χ4n) is 0.547. The zero-order valence-electron chi connectivity index (χ0n) is 6.54. The van der Waals surface area contributed by atoms with E-state index in [0.29, 0.717) is 6.42 Å². The molecule has 0 saturated heterocycles. The first-order chi connectivity index (χ1) is 5.31. The van der Waals surface area contributed by atoms with Crippen LogP contribution in [0.1, 0.15) is 19.3 Å². The molecule has 11 heavy (non-hydrogen) atoms. The molecule has 0 atom stereocenters. The van der Waals surface area contributed by atoms with Crippen LogP contribution in [0.2, 0.25) is 0 Å². The van der Waals surface area contributed by atoms with E-state index >= 15 is 0 Å². The molecule has 0 spiro atoms. The predicted octanol–water partition coefficient (Wildman–Crippen LogP) is 1.41. The highest BCUT2D eigenvalue weighted by molar-refractivity contribution is 5.81. The van der Waals surface area contributed by atoms with Crippen molar-refractivity contribution in [3.8, 4) is 6.07 Å². The van der Waals surface area contributed by atoms with Gasteiger partial charge in [-0.1, -0.05) is 6.08 Å². The maximum atomic E-state index is 10.5. The van der Waals surface area contributed by atoms with Crippen LogP contribution in [0.25, 0.3) is 0 Å². The minimum Gasteiger partial charge on any atom is -0.466 e. The van der Waals surface area contributed by atoms with E-state index in [4.69, 9.17) is 5.26 Å². The Morgan fingerprint density at radius 3 is 3.00 bits per heavy atom. The van der Waals surface area contributed by atoms with Crippen molar-refractivity contribution in [1.82, 2.24) is 0 Å². The van der Waals surface area contributed by atoms with E-state index in [1.807, 2.05) is 6.07 Å². The average Bonchev–Trinajstić information content (AvgIpc) is 2.04. The van der Waals surface area contributed by atoms with Crippen LogP contribution in [0.4, 0.5) is 0 Å². The number of carbonyl (C=O) groups excluding carboxylic acids is 1. The van der Waals surface area contributed by atoms with Gasteiger partial charge in [0.2, 0.25) is 0 Å². The quantitative estimate of drug-likeness (QED) is 0.348. The third-order valence-corrected chi connectivity index (χ3v) is 1.11. The van der Waals surface area contributed by atoms with Crippen LogP contribution in [0.15, 0.2) is 12.2 Å². The van der Waals surface area contributed by atoms with Gasteiger partial charge in [-0.25, -0.2) is 4.79 Å². The minimum atomic E-state index is -0.345. The number of nitrogens with zero attached hydrogens (tertiary/aromatic N) is 1. The second kappa shape index (κ2) is 6.81. The normalized spacial score (nSPS) is 9.45. The summed E-state index contributed by atoms with van der Waals surface area (Å²) in [7, 11) is 1.34. The van der Waals surface area contributed by atoms with E-state index in [0.717, 1.165) is 12.8 Å². The molecule has 0 heterocycles. The number of nitriles is 1. The first-order valence-corrected chi connectivity index (χ1v) is 3.42. The molecule has 3 nitrogen and oxygen atoms in total. The lowest BCUT2D eigenvalue weighted by molar-refractivity contribution is -0.134. The molecular weight excluding hydrogens is 142 g/mol. The van der Waals surface area contributed by atoms with Gasteiger partial charge in [0, 0.05) is 12.5 Å². The summed E-state index contributed by atoms with van der Waals surface area (Å²) >= 11 is 0. The minimum absolute atomic E-state index is 0.345. The molecule has 3 heteroatoms. The van der Waals surface area contributed by atoms with Crippen molar-refractivity contribution in [2.75, 3.05) is 7.11 Å². The smallest absolute Gasteiger partial charge is 0.330 e. The van der Waals surface area contributed by atoms with Gasteiger partial charge < -0.3 is 4.74 Å². The van der Waals surface area contributed by atoms with Crippen molar-refractivity contribution >= 4 is 5.97 Å². The lowest BCUT2D eigenvalue weighted by atomic mass is 10.2. The molecule has 0 aliphatic carbocycles. The van der Waals surface area contributed by atoms with Gasteiger partial charge >= 0.3 is 5.97 Å². The number of ether oxygens (including phenoxy) is 1. The van der Waals surface area contributed by atoms with E-state index in [-0.39, 0.29) is 5.97 Å². The van der Waals surface area contributed by atoms with Crippen LogP contribution < -0.4 is 0 Å². The number of hydrogen-bond acceptors (Lipinski definition) is 3. The van der Waals surface area contributed by atoms with Gasteiger partial charge in [-0.15, -0.1) is 0 Å². The van der Waals surface area contributed by atoms with E-state index in [1.165, 1.54) is 13.2 Å². The van der Waals surface area contributed by atoms with E-state index in [9.17, 15) is 4.79 Å².